The summed E-state index contributed by atoms with van der Waals surface area (Å²) in [7, 11) is 0. The van der Waals surface area contributed by atoms with Gasteiger partial charge in [0.05, 0.1) is 11.8 Å². The van der Waals surface area contributed by atoms with E-state index in [2.05, 4.69) is 20.5 Å². The Balaban J connectivity index is 2.13. The lowest BCUT2D eigenvalue weighted by Crippen LogP contribution is -2.23. The standard InChI is InChI=1S/C12H16N4O/c1-12(2,17)4-6-14-11-10-8-13-5-3-9(10)7-15-16-11/h3,5,7-8,17H,4,6H2,1-2H3,(H,14,16). The molecule has 0 aliphatic heterocycles. The van der Waals surface area contributed by atoms with Gasteiger partial charge in [-0.1, -0.05) is 0 Å². The monoisotopic (exact) mass is 232 g/mol. The van der Waals surface area contributed by atoms with Crippen LogP contribution in [-0.2, 0) is 0 Å². The number of pyridine rings is 1. The average Bonchev–Trinajstić information content (AvgIpc) is 2.28. The van der Waals surface area contributed by atoms with Crippen molar-refractivity contribution in [2.45, 2.75) is 25.9 Å². The van der Waals surface area contributed by atoms with E-state index < -0.39 is 5.60 Å². The van der Waals surface area contributed by atoms with Crippen molar-refractivity contribution in [1.82, 2.24) is 15.2 Å². The van der Waals surface area contributed by atoms with Crippen molar-refractivity contribution in [2.75, 3.05) is 11.9 Å². The maximum atomic E-state index is 9.62. The summed E-state index contributed by atoms with van der Waals surface area (Å²) in [5, 5.41) is 22.7. The van der Waals surface area contributed by atoms with E-state index in [0.717, 1.165) is 10.8 Å². The first-order valence-corrected chi connectivity index (χ1v) is 5.58. The third kappa shape index (κ3) is 3.10. The molecular formula is C12H16N4O. The molecule has 0 atom stereocenters. The third-order valence-electron chi connectivity index (χ3n) is 2.49. The SMILES string of the molecule is CC(C)(O)CCNc1nncc2ccncc12. The summed E-state index contributed by atoms with van der Waals surface area (Å²) in [5.41, 5.74) is -0.677. The molecule has 0 saturated carbocycles. The molecule has 5 heteroatoms. The predicted octanol–water partition coefficient (Wildman–Crippen LogP) is 1.60. The molecule has 0 saturated heterocycles. The summed E-state index contributed by atoms with van der Waals surface area (Å²) in [5.74, 6) is 0.708. The first-order valence-electron chi connectivity index (χ1n) is 5.58. The van der Waals surface area contributed by atoms with E-state index in [-0.39, 0.29) is 0 Å². The normalized spacial score (nSPS) is 11.7. The van der Waals surface area contributed by atoms with Crippen LogP contribution < -0.4 is 5.32 Å². The number of hydrogen-bond acceptors (Lipinski definition) is 5. The number of anilines is 1. The van der Waals surface area contributed by atoms with E-state index >= 15 is 0 Å². The Bertz CT molecular complexity index is 502. The molecule has 17 heavy (non-hydrogen) atoms. The number of rotatable bonds is 4. The minimum absolute atomic E-state index is 0.644. The Morgan fingerprint density at radius 2 is 2.18 bits per heavy atom. The zero-order valence-corrected chi connectivity index (χ0v) is 10.0. The number of aromatic nitrogens is 3. The topological polar surface area (TPSA) is 70.9 Å². The van der Waals surface area contributed by atoms with Gasteiger partial charge in [-0.05, 0) is 26.3 Å². The van der Waals surface area contributed by atoms with Crippen LogP contribution in [0.3, 0.4) is 0 Å². The van der Waals surface area contributed by atoms with Crippen LogP contribution >= 0.6 is 0 Å². The molecule has 0 spiro atoms. The van der Waals surface area contributed by atoms with Crippen molar-refractivity contribution in [3.8, 4) is 0 Å². The Labute approximate surface area is 99.9 Å². The molecule has 0 fully saturated rings. The highest BCUT2D eigenvalue weighted by molar-refractivity contribution is 5.89. The van der Waals surface area contributed by atoms with E-state index in [1.165, 1.54) is 0 Å². The quantitative estimate of drug-likeness (QED) is 0.837. The maximum absolute atomic E-state index is 9.62. The van der Waals surface area contributed by atoms with Crippen LogP contribution in [0.4, 0.5) is 5.82 Å². The van der Waals surface area contributed by atoms with Crippen LogP contribution in [0.1, 0.15) is 20.3 Å². The highest BCUT2D eigenvalue weighted by Crippen LogP contribution is 2.18. The Kier molecular flexibility index (Phi) is 3.19. The number of aliphatic hydroxyl groups is 1. The summed E-state index contributed by atoms with van der Waals surface area (Å²) >= 11 is 0. The van der Waals surface area contributed by atoms with Gasteiger partial charge in [0.1, 0.15) is 0 Å². The second-order valence-electron chi connectivity index (χ2n) is 4.65. The summed E-state index contributed by atoms with van der Waals surface area (Å²) < 4.78 is 0. The van der Waals surface area contributed by atoms with E-state index in [1.54, 1.807) is 32.4 Å². The van der Waals surface area contributed by atoms with Gasteiger partial charge < -0.3 is 10.4 Å². The van der Waals surface area contributed by atoms with Crippen LogP contribution in [0, 0.1) is 0 Å². The minimum atomic E-state index is -0.677. The summed E-state index contributed by atoms with van der Waals surface area (Å²) in [6.07, 6.45) is 5.84. The lowest BCUT2D eigenvalue weighted by atomic mass is 10.1. The van der Waals surface area contributed by atoms with Crippen LogP contribution in [0.15, 0.2) is 24.7 Å². The molecule has 0 bridgehead atoms. The van der Waals surface area contributed by atoms with Crippen LogP contribution in [0.25, 0.3) is 10.8 Å². The molecule has 0 amide bonds. The average molecular weight is 232 g/mol. The van der Waals surface area contributed by atoms with Crippen molar-refractivity contribution in [3.05, 3.63) is 24.7 Å². The van der Waals surface area contributed by atoms with Gasteiger partial charge in [-0.2, -0.15) is 5.10 Å². The van der Waals surface area contributed by atoms with Crippen molar-refractivity contribution < 1.29 is 5.11 Å². The second kappa shape index (κ2) is 4.63. The van der Waals surface area contributed by atoms with Crippen molar-refractivity contribution in [3.63, 3.8) is 0 Å². The minimum Gasteiger partial charge on any atom is -0.390 e. The van der Waals surface area contributed by atoms with E-state index in [4.69, 9.17) is 0 Å². The summed E-state index contributed by atoms with van der Waals surface area (Å²) in [6.45, 7) is 4.21. The first kappa shape index (κ1) is 11.7. The number of hydrogen-bond donors (Lipinski definition) is 2. The third-order valence-corrected chi connectivity index (χ3v) is 2.49. The van der Waals surface area contributed by atoms with Gasteiger partial charge in [-0.25, -0.2) is 0 Å². The fourth-order valence-electron chi connectivity index (χ4n) is 1.54. The highest BCUT2D eigenvalue weighted by atomic mass is 16.3. The molecule has 2 aromatic rings. The van der Waals surface area contributed by atoms with Gasteiger partial charge in [0, 0.05) is 29.7 Å². The molecule has 2 N–H and O–H groups in total. The molecule has 0 aliphatic carbocycles. The molecule has 0 aliphatic rings. The van der Waals surface area contributed by atoms with Gasteiger partial charge in [-0.3, -0.25) is 4.98 Å². The number of fused-ring (bicyclic) bond motifs is 1. The van der Waals surface area contributed by atoms with E-state index in [1.807, 2.05) is 6.07 Å². The number of nitrogens with one attached hydrogen (secondary N) is 1. The van der Waals surface area contributed by atoms with Crippen LogP contribution in [0.2, 0.25) is 0 Å². The molecule has 0 aromatic carbocycles. The van der Waals surface area contributed by atoms with Crippen LogP contribution in [0.5, 0.6) is 0 Å². The Morgan fingerprint density at radius 1 is 1.35 bits per heavy atom. The molecule has 2 aromatic heterocycles. The highest BCUT2D eigenvalue weighted by Gasteiger charge is 2.12. The number of nitrogens with zero attached hydrogens (tertiary/aromatic N) is 3. The zero-order valence-electron chi connectivity index (χ0n) is 10.0. The van der Waals surface area contributed by atoms with E-state index in [9.17, 15) is 5.11 Å². The molecule has 0 unspecified atom stereocenters. The molecule has 5 nitrogen and oxygen atoms in total. The van der Waals surface area contributed by atoms with E-state index in [0.29, 0.717) is 18.8 Å². The smallest absolute Gasteiger partial charge is 0.158 e. The molecule has 90 valence electrons. The molecule has 2 rings (SSSR count). The fraction of sp³-hybridized carbons (Fsp3) is 0.417. The van der Waals surface area contributed by atoms with Crippen LogP contribution in [-0.4, -0.2) is 32.4 Å². The summed E-state index contributed by atoms with van der Waals surface area (Å²) in [4.78, 5) is 4.07. The Hall–Kier alpha value is -1.75. The second-order valence-corrected chi connectivity index (χ2v) is 4.65. The molecular weight excluding hydrogens is 216 g/mol. The van der Waals surface area contributed by atoms with Gasteiger partial charge in [0.2, 0.25) is 0 Å². The van der Waals surface area contributed by atoms with Gasteiger partial charge in [-0.15, -0.1) is 5.10 Å². The predicted molar refractivity (Wildman–Crippen MR) is 66.7 cm³/mol. The molecule has 0 radical (unpaired) electrons. The largest absolute Gasteiger partial charge is 0.390 e. The molecule has 2 heterocycles. The zero-order chi connectivity index (χ0) is 12.3. The Morgan fingerprint density at radius 3 is 2.94 bits per heavy atom. The van der Waals surface area contributed by atoms with Crippen molar-refractivity contribution in [2.24, 2.45) is 0 Å². The van der Waals surface area contributed by atoms with Crippen molar-refractivity contribution >= 4 is 16.6 Å². The lowest BCUT2D eigenvalue weighted by molar-refractivity contribution is 0.0748. The fourth-order valence-corrected chi connectivity index (χ4v) is 1.54. The lowest BCUT2D eigenvalue weighted by Gasteiger charge is -2.17. The summed E-state index contributed by atoms with van der Waals surface area (Å²) in [6, 6.07) is 1.89. The van der Waals surface area contributed by atoms with Gasteiger partial charge >= 0.3 is 0 Å². The first-order chi connectivity index (χ1) is 8.06. The van der Waals surface area contributed by atoms with Gasteiger partial charge in [0.25, 0.3) is 0 Å². The van der Waals surface area contributed by atoms with Gasteiger partial charge in [0.15, 0.2) is 5.82 Å². The maximum Gasteiger partial charge on any atom is 0.158 e. The van der Waals surface area contributed by atoms with Crippen molar-refractivity contribution in [1.29, 1.82) is 0 Å².